The van der Waals surface area contributed by atoms with Crippen LogP contribution in [0.15, 0.2) is 27.8 Å². The highest BCUT2D eigenvalue weighted by atomic mass is 32.1. The number of pyridine rings is 1. The first-order valence-corrected chi connectivity index (χ1v) is 8.76. The monoisotopic (exact) mass is 372 g/mol. The molecular formula is C17H16N4O4S. The average molecular weight is 372 g/mol. The molecule has 134 valence electrons. The fourth-order valence-electron chi connectivity index (χ4n) is 3.05. The number of nitrogens with zero attached hydrogens (tertiary/aromatic N) is 2. The quantitative estimate of drug-likeness (QED) is 0.512. The molecule has 0 fully saturated rings. The minimum atomic E-state index is -0.286. The predicted octanol–water partition coefficient (Wildman–Crippen LogP) is 2.59. The molecule has 0 spiro atoms. The molecule has 0 saturated carbocycles. The van der Waals surface area contributed by atoms with Crippen LogP contribution >= 0.6 is 11.3 Å². The van der Waals surface area contributed by atoms with Gasteiger partial charge in [0.05, 0.1) is 17.2 Å². The van der Waals surface area contributed by atoms with Crippen molar-refractivity contribution >= 4 is 32.7 Å². The number of aromatic amines is 2. The van der Waals surface area contributed by atoms with Crippen LogP contribution in [0.4, 0.5) is 0 Å². The number of fused-ring (bicyclic) bond motifs is 2. The van der Waals surface area contributed by atoms with Crippen molar-refractivity contribution in [2.75, 3.05) is 7.11 Å². The number of ether oxygens (including phenoxy) is 1. The fourth-order valence-corrected chi connectivity index (χ4v) is 3.89. The second-order valence-corrected chi connectivity index (χ2v) is 7.15. The summed E-state index contributed by atoms with van der Waals surface area (Å²) in [5.74, 6) is 0.275. The van der Waals surface area contributed by atoms with Gasteiger partial charge in [-0.05, 0) is 31.5 Å². The summed E-state index contributed by atoms with van der Waals surface area (Å²) in [4.78, 5) is 31.6. The molecule has 26 heavy (non-hydrogen) atoms. The van der Waals surface area contributed by atoms with Crippen LogP contribution in [0.25, 0.3) is 32.5 Å². The van der Waals surface area contributed by atoms with E-state index in [1.54, 1.807) is 16.8 Å². The lowest BCUT2D eigenvalue weighted by molar-refractivity contribution is 0.373. The van der Waals surface area contributed by atoms with Gasteiger partial charge in [0.2, 0.25) is 0 Å². The number of methoxy groups -OCH3 is 1. The number of thiazole rings is 1. The zero-order valence-corrected chi connectivity index (χ0v) is 15.1. The number of benzene rings is 1. The Morgan fingerprint density at radius 2 is 2.08 bits per heavy atom. The third-order valence-electron chi connectivity index (χ3n) is 4.21. The molecule has 3 aromatic heterocycles. The summed E-state index contributed by atoms with van der Waals surface area (Å²) < 4.78 is 7.45. The van der Waals surface area contributed by atoms with Crippen molar-refractivity contribution < 1.29 is 9.84 Å². The summed E-state index contributed by atoms with van der Waals surface area (Å²) in [5, 5.41) is 13.1. The van der Waals surface area contributed by atoms with Gasteiger partial charge in [0.25, 0.3) is 5.56 Å². The number of hydrogen-bond acceptors (Lipinski definition) is 6. The van der Waals surface area contributed by atoms with E-state index < -0.39 is 0 Å². The second kappa shape index (κ2) is 5.73. The van der Waals surface area contributed by atoms with Crippen LogP contribution in [0.5, 0.6) is 11.5 Å². The van der Waals surface area contributed by atoms with E-state index in [0.29, 0.717) is 32.5 Å². The van der Waals surface area contributed by atoms with Gasteiger partial charge in [0, 0.05) is 11.6 Å². The van der Waals surface area contributed by atoms with E-state index in [1.807, 2.05) is 13.8 Å². The molecular weight excluding hydrogens is 356 g/mol. The topological polar surface area (TPSA) is 113 Å². The minimum absolute atomic E-state index is 0.00582. The van der Waals surface area contributed by atoms with Crippen molar-refractivity contribution in [2.45, 2.75) is 19.9 Å². The van der Waals surface area contributed by atoms with Crippen LogP contribution < -0.4 is 15.2 Å². The molecule has 0 aliphatic rings. The van der Waals surface area contributed by atoms with Gasteiger partial charge >= 0.3 is 4.87 Å². The van der Waals surface area contributed by atoms with Crippen LogP contribution in [0.3, 0.4) is 0 Å². The zero-order chi connectivity index (χ0) is 18.6. The molecule has 3 N–H and O–H groups in total. The Morgan fingerprint density at radius 1 is 1.31 bits per heavy atom. The molecule has 3 heterocycles. The molecule has 9 heteroatoms. The van der Waals surface area contributed by atoms with Crippen molar-refractivity contribution in [3.63, 3.8) is 0 Å². The van der Waals surface area contributed by atoms with Gasteiger partial charge in [0.1, 0.15) is 0 Å². The van der Waals surface area contributed by atoms with Crippen LogP contribution in [0, 0.1) is 0 Å². The number of rotatable bonds is 3. The third kappa shape index (κ3) is 2.31. The third-order valence-corrected chi connectivity index (χ3v) is 5.10. The Hall–Kier alpha value is -3.07. The molecule has 4 aromatic rings. The molecule has 1 aromatic carbocycles. The molecule has 0 aliphatic carbocycles. The van der Waals surface area contributed by atoms with E-state index in [9.17, 15) is 14.7 Å². The zero-order valence-electron chi connectivity index (χ0n) is 14.3. The number of aromatic hydroxyl groups is 1. The fraction of sp³-hybridized carbons (Fsp3) is 0.235. The van der Waals surface area contributed by atoms with E-state index in [2.05, 4.69) is 15.1 Å². The van der Waals surface area contributed by atoms with Gasteiger partial charge in [-0.3, -0.25) is 24.4 Å². The first-order chi connectivity index (χ1) is 12.4. The summed E-state index contributed by atoms with van der Waals surface area (Å²) in [5.41, 5.74) is 1.84. The van der Waals surface area contributed by atoms with Gasteiger partial charge in [-0.2, -0.15) is 0 Å². The van der Waals surface area contributed by atoms with Crippen LogP contribution in [0.2, 0.25) is 0 Å². The highest BCUT2D eigenvalue weighted by Gasteiger charge is 2.21. The molecule has 0 aliphatic heterocycles. The molecule has 0 saturated heterocycles. The Kier molecular flexibility index (Phi) is 3.62. The molecule has 0 amide bonds. The maximum absolute atomic E-state index is 12.7. The summed E-state index contributed by atoms with van der Waals surface area (Å²) in [7, 11) is 1.45. The van der Waals surface area contributed by atoms with Gasteiger partial charge in [-0.25, -0.2) is 4.98 Å². The van der Waals surface area contributed by atoms with Crippen molar-refractivity contribution in [3.05, 3.63) is 38.2 Å². The summed E-state index contributed by atoms with van der Waals surface area (Å²) >= 11 is 0.993. The first kappa shape index (κ1) is 16.4. The summed E-state index contributed by atoms with van der Waals surface area (Å²) in [6.07, 6.45) is 0. The Bertz CT molecular complexity index is 1260. The van der Waals surface area contributed by atoms with Crippen molar-refractivity contribution in [1.29, 1.82) is 0 Å². The highest BCUT2D eigenvalue weighted by molar-refractivity contribution is 7.17. The molecule has 0 radical (unpaired) electrons. The van der Waals surface area contributed by atoms with E-state index in [1.165, 1.54) is 13.2 Å². The Labute approximate surface area is 150 Å². The lowest BCUT2D eigenvalue weighted by Gasteiger charge is -2.10. The molecule has 8 nitrogen and oxygen atoms in total. The van der Waals surface area contributed by atoms with Crippen LogP contribution in [-0.4, -0.2) is 32.0 Å². The van der Waals surface area contributed by atoms with Gasteiger partial charge in [-0.15, -0.1) is 0 Å². The van der Waals surface area contributed by atoms with Gasteiger partial charge < -0.3 is 9.84 Å². The number of phenols is 1. The lowest BCUT2D eigenvalue weighted by atomic mass is 10.0. The molecule has 0 bridgehead atoms. The van der Waals surface area contributed by atoms with E-state index >= 15 is 0 Å². The summed E-state index contributed by atoms with van der Waals surface area (Å²) in [6, 6.07) is 4.80. The average Bonchev–Trinajstić information content (AvgIpc) is 3.13. The van der Waals surface area contributed by atoms with E-state index in [-0.39, 0.29) is 28.0 Å². The van der Waals surface area contributed by atoms with Crippen molar-refractivity contribution in [1.82, 2.24) is 19.7 Å². The van der Waals surface area contributed by atoms with Crippen LogP contribution in [-0.2, 0) is 0 Å². The predicted molar refractivity (Wildman–Crippen MR) is 100 cm³/mol. The Balaban J connectivity index is 2.21. The maximum Gasteiger partial charge on any atom is 0.306 e. The standard InChI is InChI=1S/C17H16N4O4S/c1-7(2)21-15-12(16(23)20-21)11(13-14(18-15)19-17(24)26-13)8-4-5-9(22)10(6-8)25-3/h4-7,22H,1-3H3,(H,20,23)(H,18,19,24). The van der Waals surface area contributed by atoms with Gasteiger partial charge in [0.15, 0.2) is 22.8 Å². The number of nitrogens with one attached hydrogen (secondary N) is 2. The largest absolute Gasteiger partial charge is 0.504 e. The molecule has 4 rings (SSSR count). The smallest absolute Gasteiger partial charge is 0.306 e. The number of phenolic OH excluding ortho intramolecular Hbond substituents is 1. The van der Waals surface area contributed by atoms with Crippen molar-refractivity contribution in [2.24, 2.45) is 0 Å². The highest BCUT2D eigenvalue weighted by Crippen LogP contribution is 2.38. The SMILES string of the molecule is COc1cc(-c2c3sc(=O)[nH]c3nc3c2c(=O)[nH]n3C(C)C)ccc1O. The number of hydrogen-bond donors (Lipinski definition) is 3. The normalized spacial score (nSPS) is 11.7. The lowest BCUT2D eigenvalue weighted by Crippen LogP contribution is -2.08. The number of H-pyrrole nitrogens is 2. The molecule has 0 unspecified atom stereocenters. The Morgan fingerprint density at radius 3 is 2.77 bits per heavy atom. The van der Waals surface area contributed by atoms with Gasteiger partial charge in [-0.1, -0.05) is 17.4 Å². The summed E-state index contributed by atoms with van der Waals surface area (Å²) in [6.45, 7) is 3.86. The molecule has 0 atom stereocenters. The van der Waals surface area contributed by atoms with E-state index in [0.717, 1.165) is 11.3 Å². The number of aromatic nitrogens is 4. The second-order valence-electron chi connectivity index (χ2n) is 6.17. The first-order valence-electron chi connectivity index (χ1n) is 7.95. The maximum atomic E-state index is 12.7. The minimum Gasteiger partial charge on any atom is -0.504 e. The van der Waals surface area contributed by atoms with Crippen molar-refractivity contribution in [3.8, 4) is 22.6 Å². The van der Waals surface area contributed by atoms with E-state index in [4.69, 9.17) is 4.74 Å². The van der Waals surface area contributed by atoms with Crippen LogP contribution in [0.1, 0.15) is 19.9 Å².